The van der Waals surface area contributed by atoms with E-state index >= 15 is 0 Å². The maximum absolute atomic E-state index is 5.89. The minimum Gasteiger partial charge on any atom is -0.271 e. The number of nitrogens with two attached hydrogens (primary N) is 1. The Morgan fingerprint density at radius 3 is 2.45 bits per heavy atom. The maximum atomic E-state index is 5.89. The second-order valence-electron chi connectivity index (χ2n) is 6.71. The lowest BCUT2D eigenvalue weighted by atomic mass is 9.72. The number of benzene rings is 1. The molecule has 0 aromatic heterocycles. The van der Waals surface area contributed by atoms with E-state index in [0.29, 0.717) is 6.04 Å². The van der Waals surface area contributed by atoms with E-state index in [1.165, 1.54) is 57.8 Å². The normalized spacial score (nSPS) is 25.1. The summed E-state index contributed by atoms with van der Waals surface area (Å²) in [7, 11) is 0. The number of rotatable bonds is 4. The van der Waals surface area contributed by atoms with E-state index in [9.17, 15) is 0 Å². The summed E-state index contributed by atoms with van der Waals surface area (Å²) in [6.45, 7) is 0. The Morgan fingerprint density at radius 1 is 1.05 bits per heavy atom. The Labute approximate surface area is 123 Å². The third kappa shape index (κ3) is 3.07. The summed E-state index contributed by atoms with van der Waals surface area (Å²) < 4.78 is 0. The molecule has 0 bridgehead atoms. The second kappa shape index (κ2) is 6.73. The molecule has 1 aromatic rings. The number of hydrogen-bond donors (Lipinski definition) is 2. The highest BCUT2D eigenvalue weighted by molar-refractivity contribution is 5.39. The van der Waals surface area contributed by atoms with E-state index in [0.717, 1.165) is 11.8 Å². The maximum Gasteiger partial charge on any atom is 0.0244 e. The Bertz CT molecular complexity index is 421. The van der Waals surface area contributed by atoms with Gasteiger partial charge in [-0.3, -0.25) is 11.3 Å². The van der Waals surface area contributed by atoms with Crippen LogP contribution in [0.4, 0.5) is 0 Å². The molecule has 3 rings (SSSR count). The molecule has 2 aliphatic carbocycles. The molecule has 0 spiro atoms. The van der Waals surface area contributed by atoms with Gasteiger partial charge in [-0.1, -0.05) is 56.4 Å². The van der Waals surface area contributed by atoms with Crippen LogP contribution in [0.5, 0.6) is 0 Å². The molecule has 110 valence electrons. The highest BCUT2D eigenvalue weighted by Crippen LogP contribution is 2.40. The SMILES string of the molecule is NNC(CC1Cc2ccccc21)C1CCCCCCC1. The zero-order chi connectivity index (χ0) is 13.8. The average molecular weight is 272 g/mol. The number of hydrazine groups is 1. The topological polar surface area (TPSA) is 38.0 Å². The van der Waals surface area contributed by atoms with Crippen LogP contribution in [0.2, 0.25) is 0 Å². The van der Waals surface area contributed by atoms with Gasteiger partial charge in [-0.2, -0.15) is 0 Å². The quantitative estimate of drug-likeness (QED) is 0.644. The van der Waals surface area contributed by atoms with Gasteiger partial charge in [-0.25, -0.2) is 0 Å². The van der Waals surface area contributed by atoms with Crippen LogP contribution in [0.25, 0.3) is 0 Å². The lowest BCUT2D eigenvalue weighted by molar-refractivity contribution is 0.259. The van der Waals surface area contributed by atoms with Gasteiger partial charge in [-0.15, -0.1) is 0 Å². The van der Waals surface area contributed by atoms with Crippen molar-refractivity contribution in [1.82, 2.24) is 5.43 Å². The van der Waals surface area contributed by atoms with Crippen LogP contribution in [-0.4, -0.2) is 6.04 Å². The van der Waals surface area contributed by atoms with E-state index < -0.39 is 0 Å². The smallest absolute Gasteiger partial charge is 0.0244 e. The van der Waals surface area contributed by atoms with Crippen LogP contribution in [0, 0.1) is 5.92 Å². The zero-order valence-electron chi connectivity index (χ0n) is 12.5. The third-order valence-electron chi connectivity index (χ3n) is 5.43. The first-order chi connectivity index (χ1) is 9.88. The summed E-state index contributed by atoms with van der Waals surface area (Å²) in [4.78, 5) is 0. The van der Waals surface area contributed by atoms with Crippen LogP contribution in [0.3, 0.4) is 0 Å². The first kappa shape index (κ1) is 14.1. The van der Waals surface area contributed by atoms with Gasteiger partial charge >= 0.3 is 0 Å². The van der Waals surface area contributed by atoms with Crippen LogP contribution in [-0.2, 0) is 6.42 Å². The average Bonchev–Trinajstić information content (AvgIpc) is 2.41. The largest absolute Gasteiger partial charge is 0.271 e. The van der Waals surface area contributed by atoms with Crippen LogP contribution >= 0.6 is 0 Å². The van der Waals surface area contributed by atoms with E-state index in [-0.39, 0.29) is 0 Å². The molecule has 0 amide bonds. The predicted octanol–water partition coefficient (Wildman–Crippen LogP) is 3.91. The van der Waals surface area contributed by atoms with E-state index in [2.05, 4.69) is 29.7 Å². The minimum atomic E-state index is 0.506. The van der Waals surface area contributed by atoms with E-state index in [4.69, 9.17) is 5.84 Å². The van der Waals surface area contributed by atoms with Gasteiger partial charge in [0.2, 0.25) is 0 Å². The van der Waals surface area contributed by atoms with Crippen molar-refractivity contribution in [2.24, 2.45) is 11.8 Å². The number of fused-ring (bicyclic) bond motifs is 1. The molecule has 2 heteroatoms. The molecule has 1 fully saturated rings. The Kier molecular flexibility index (Phi) is 4.74. The molecule has 0 heterocycles. The minimum absolute atomic E-state index is 0.506. The van der Waals surface area contributed by atoms with E-state index in [1.54, 1.807) is 11.1 Å². The van der Waals surface area contributed by atoms with Gasteiger partial charge in [0.1, 0.15) is 0 Å². The molecule has 2 atom stereocenters. The van der Waals surface area contributed by atoms with Crippen molar-refractivity contribution in [3.05, 3.63) is 35.4 Å². The van der Waals surface area contributed by atoms with Crippen LogP contribution < -0.4 is 11.3 Å². The fraction of sp³-hybridized carbons (Fsp3) is 0.667. The van der Waals surface area contributed by atoms with Crippen molar-refractivity contribution in [3.63, 3.8) is 0 Å². The first-order valence-electron chi connectivity index (χ1n) is 8.42. The second-order valence-corrected chi connectivity index (χ2v) is 6.71. The highest BCUT2D eigenvalue weighted by atomic mass is 15.2. The molecule has 1 saturated carbocycles. The summed E-state index contributed by atoms with van der Waals surface area (Å²) in [5.74, 6) is 7.41. The summed E-state index contributed by atoms with van der Waals surface area (Å²) in [6.07, 6.45) is 12.3. The fourth-order valence-corrected chi connectivity index (χ4v) is 4.17. The molecule has 3 N–H and O–H groups in total. The van der Waals surface area contributed by atoms with Gasteiger partial charge in [0.05, 0.1) is 0 Å². The molecule has 0 saturated heterocycles. The molecular formula is C18H28N2. The number of nitrogens with one attached hydrogen (secondary N) is 1. The monoisotopic (exact) mass is 272 g/mol. The van der Waals surface area contributed by atoms with Gasteiger partial charge in [0.15, 0.2) is 0 Å². The lowest BCUT2D eigenvalue weighted by Gasteiger charge is -2.36. The standard InChI is InChI=1S/C18H28N2/c19-20-18(14-8-4-2-1-3-5-9-14)13-16-12-15-10-6-7-11-17(15)16/h6-7,10-11,14,16,18,20H,1-5,8-9,12-13,19H2. The van der Waals surface area contributed by atoms with Gasteiger partial charge in [0, 0.05) is 6.04 Å². The Balaban J connectivity index is 1.59. The molecule has 2 nitrogen and oxygen atoms in total. The third-order valence-corrected chi connectivity index (χ3v) is 5.43. The van der Waals surface area contributed by atoms with E-state index in [1.807, 2.05) is 0 Å². The van der Waals surface area contributed by atoms with Gasteiger partial charge in [-0.05, 0) is 48.6 Å². The van der Waals surface area contributed by atoms with Crippen molar-refractivity contribution in [3.8, 4) is 0 Å². The highest BCUT2D eigenvalue weighted by Gasteiger charge is 2.30. The van der Waals surface area contributed by atoms with Crippen molar-refractivity contribution in [2.45, 2.75) is 69.7 Å². The molecule has 1 aromatic carbocycles. The zero-order valence-corrected chi connectivity index (χ0v) is 12.5. The van der Waals surface area contributed by atoms with Crippen molar-refractivity contribution < 1.29 is 0 Å². The van der Waals surface area contributed by atoms with Gasteiger partial charge < -0.3 is 0 Å². The summed E-state index contributed by atoms with van der Waals surface area (Å²) >= 11 is 0. The molecule has 0 aliphatic heterocycles. The van der Waals surface area contributed by atoms with Crippen molar-refractivity contribution in [1.29, 1.82) is 0 Å². The lowest BCUT2D eigenvalue weighted by Crippen LogP contribution is -2.43. The van der Waals surface area contributed by atoms with Crippen molar-refractivity contribution in [2.75, 3.05) is 0 Å². The molecule has 20 heavy (non-hydrogen) atoms. The first-order valence-corrected chi connectivity index (χ1v) is 8.42. The summed E-state index contributed by atoms with van der Waals surface area (Å²) in [5, 5.41) is 0. The summed E-state index contributed by atoms with van der Waals surface area (Å²) in [5.41, 5.74) is 6.27. The molecule has 2 aliphatic rings. The fourth-order valence-electron chi connectivity index (χ4n) is 4.17. The predicted molar refractivity (Wildman–Crippen MR) is 84.4 cm³/mol. The summed E-state index contributed by atoms with van der Waals surface area (Å²) in [6, 6.07) is 9.40. The number of hydrogen-bond acceptors (Lipinski definition) is 2. The molecule has 2 unspecified atom stereocenters. The molecular weight excluding hydrogens is 244 g/mol. The van der Waals surface area contributed by atoms with Crippen molar-refractivity contribution >= 4 is 0 Å². The van der Waals surface area contributed by atoms with Gasteiger partial charge in [0.25, 0.3) is 0 Å². The Morgan fingerprint density at radius 2 is 1.75 bits per heavy atom. The molecule has 0 radical (unpaired) electrons. The van der Waals surface area contributed by atoms with Crippen LogP contribution in [0.1, 0.15) is 68.4 Å². The van der Waals surface area contributed by atoms with Crippen LogP contribution in [0.15, 0.2) is 24.3 Å². The Hall–Kier alpha value is -0.860.